The number of cyclic esters (lactones) is 1. The third-order valence-electron chi connectivity index (χ3n) is 17.4. The van der Waals surface area contributed by atoms with Gasteiger partial charge in [-0.15, -0.1) is 0 Å². The number of esters is 2. The molecule has 1 amide bonds. The van der Waals surface area contributed by atoms with Crippen LogP contribution >= 0.6 is 0 Å². The largest absolute Gasteiger partial charge is 0.497 e. The smallest absolute Gasteiger partial charge is 0.408 e. The van der Waals surface area contributed by atoms with E-state index in [4.69, 9.17) is 66.7 Å². The highest BCUT2D eigenvalue weighted by atomic mass is 16.7. The summed E-state index contributed by atoms with van der Waals surface area (Å²) < 4.78 is 76.2. The molecule has 1 aromatic carbocycles. The van der Waals surface area contributed by atoms with Gasteiger partial charge in [0.15, 0.2) is 30.3 Å². The van der Waals surface area contributed by atoms with E-state index < -0.39 is 151 Å². The number of imidazole rings is 1. The van der Waals surface area contributed by atoms with Crippen LogP contribution in [0, 0.1) is 41.4 Å². The third kappa shape index (κ3) is 17.2. The number of rotatable bonds is 18. The molecule has 5 heterocycles. The Morgan fingerprint density at radius 2 is 1.55 bits per heavy atom. The maximum atomic E-state index is 16.1. The van der Waals surface area contributed by atoms with Gasteiger partial charge in [0, 0.05) is 69.9 Å². The molecule has 24 nitrogen and oxygen atoms in total. The van der Waals surface area contributed by atoms with Gasteiger partial charge in [-0.1, -0.05) is 53.6 Å². The van der Waals surface area contributed by atoms with Gasteiger partial charge < -0.3 is 87.1 Å². The van der Waals surface area contributed by atoms with Gasteiger partial charge >= 0.3 is 18.0 Å². The Labute approximate surface area is 501 Å². The van der Waals surface area contributed by atoms with Crippen molar-refractivity contribution in [2.45, 2.75) is 226 Å². The monoisotopic (exact) mass is 1210 g/mol. The molecule has 6 rings (SSSR count). The number of amides is 1. The fourth-order valence-electron chi connectivity index (χ4n) is 12.6. The highest BCUT2D eigenvalue weighted by molar-refractivity contribution is 5.92. The Balaban J connectivity index is 1.51. The lowest BCUT2D eigenvalue weighted by Gasteiger charge is -2.45. The van der Waals surface area contributed by atoms with E-state index in [9.17, 15) is 19.8 Å². The van der Waals surface area contributed by atoms with Crippen molar-refractivity contribution in [1.82, 2.24) is 20.2 Å². The molecule has 24 heteroatoms. The van der Waals surface area contributed by atoms with Gasteiger partial charge in [-0.2, -0.15) is 0 Å². The van der Waals surface area contributed by atoms with Crippen LogP contribution in [-0.2, 0) is 71.3 Å². The zero-order valence-electron chi connectivity index (χ0n) is 53.4. The summed E-state index contributed by atoms with van der Waals surface area (Å²) in [5, 5.41) is 29.9. The Kier molecular flexibility index (Phi) is 25.0. The summed E-state index contributed by atoms with van der Waals surface area (Å²) in [6.07, 6.45) is -14.0. The molecule has 2 aromatic rings. The van der Waals surface area contributed by atoms with Crippen LogP contribution in [0.15, 0.2) is 23.4 Å². The van der Waals surface area contributed by atoms with Gasteiger partial charge in [-0.05, 0) is 85.9 Å². The van der Waals surface area contributed by atoms with E-state index in [1.165, 1.54) is 28.3 Å². The first kappa shape index (κ1) is 69.5. The van der Waals surface area contributed by atoms with Crippen LogP contribution in [0.1, 0.15) is 134 Å². The molecule has 0 saturated carbocycles. The van der Waals surface area contributed by atoms with E-state index in [1.807, 2.05) is 41.7 Å². The van der Waals surface area contributed by atoms with Crippen LogP contribution in [0.25, 0.3) is 11.0 Å². The molecule has 0 spiro atoms. The van der Waals surface area contributed by atoms with E-state index in [-0.39, 0.29) is 49.6 Å². The zero-order valence-corrected chi connectivity index (χ0v) is 53.4. The molecule has 4 N–H and O–H groups in total. The molecule has 2 unspecified atom stereocenters. The van der Waals surface area contributed by atoms with Crippen molar-refractivity contribution in [3.8, 4) is 5.75 Å². The van der Waals surface area contributed by atoms with E-state index in [0.717, 1.165) is 0 Å². The molecule has 482 valence electrons. The lowest BCUT2D eigenvalue weighted by Crippen LogP contribution is -2.59. The Morgan fingerprint density at radius 1 is 0.859 bits per heavy atom. The number of aliphatic hydroxyl groups is 2. The number of likely N-dealkylation sites (N-methyl/N-ethyl adjacent to an activating group) is 1. The second-order valence-electron chi connectivity index (χ2n) is 25.0. The van der Waals surface area contributed by atoms with Crippen LogP contribution in [0.4, 0.5) is 4.79 Å². The number of benzene rings is 1. The molecule has 85 heavy (non-hydrogen) atoms. The maximum absolute atomic E-state index is 16.1. The third-order valence-corrected chi connectivity index (χ3v) is 17.4. The topological polar surface area (TPSA) is 285 Å². The molecule has 0 aliphatic carbocycles. The van der Waals surface area contributed by atoms with Crippen molar-refractivity contribution in [1.29, 1.82) is 0 Å². The molecule has 4 aliphatic rings. The van der Waals surface area contributed by atoms with Gasteiger partial charge in [0.05, 0.1) is 78.9 Å². The second kappa shape index (κ2) is 30.5. The van der Waals surface area contributed by atoms with E-state index >= 15 is 9.59 Å². The van der Waals surface area contributed by atoms with Crippen LogP contribution < -0.4 is 10.1 Å². The average Bonchev–Trinajstić information content (AvgIpc) is 2.60. The fraction of sp³-hybridized carbons (Fsp3) is 0.803. The number of alkyl carbamates (subject to hydrolysis) is 1. The van der Waals surface area contributed by atoms with Crippen molar-refractivity contribution >= 4 is 40.6 Å². The van der Waals surface area contributed by atoms with Crippen molar-refractivity contribution in [2.24, 2.45) is 46.6 Å². The predicted molar refractivity (Wildman–Crippen MR) is 311 cm³/mol. The first-order valence-corrected chi connectivity index (χ1v) is 30.1. The van der Waals surface area contributed by atoms with E-state index in [0.29, 0.717) is 35.6 Å². The number of Topliss-reactive ketones (excluding diaryl/α,β-unsaturated/α-hetero) is 1. The molecule has 4 saturated heterocycles. The van der Waals surface area contributed by atoms with Crippen molar-refractivity contribution < 1.29 is 91.1 Å². The second-order valence-corrected chi connectivity index (χ2v) is 25.0. The lowest BCUT2D eigenvalue weighted by molar-refractivity contribution is -0.305. The van der Waals surface area contributed by atoms with E-state index in [1.54, 1.807) is 73.8 Å². The van der Waals surface area contributed by atoms with Crippen LogP contribution in [0.2, 0.25) is 0 Å². The van der Waals surface area contributed by atoms with Gasteiger partial charge in [0.1, 0.15) is 55.3 Å². The first-order chi connectivity index (χ1) is 40.0. The quantitative estimate of drug-likeness (QED) is 0.0690. The first-order valence-electron chi connectivity index (χ1n) is 30.1. The number of carbonyl (C=O) groups is 4. The number of hydrogen-bond donors (Lipinski definition) is 4. The predicted octanol–water partition coefficient (Wildman–Crippen LogP) is 6.65. The minimum atomic E-state index is -2.03. The average molecular weight is 1210 g/mol. The highest BCUT2D eigenvalue weighted by Gasteiger charge is 2.53. The number of aromatic amines is 1. The number of aromatic nitrogens is 2. The Hall–Kier alpha value is -4.60. The summed E-state index contributed by atoms with van der Waals surface area (Å²) in [5.41, 5.74) is -0.463. The summed E-state index contributed by atoms with van der Waals surface area (Å²) in [5.74, 6) is -6.66. The number of nitrogens with one attached hydrogen (secondary N) is 2. The lowest BCUT2D eigenvalue weighted by atomic mass is 9.74. The zero-order chi connectivity index (χ0) is 62.9. The van der Waals surface area contributed by atoms with Gasteiger partial charge in [-0.3, -0.25) is 14.4 Å². The number of aliphatic hydroxyl groups excluding tert-OH is 2. The number of methoxy groups -OCH3 is 3. The van der Waals surface area contributed by atoms with Crippen LogP contribution in [-0.4, -0.2) is 201 Å². The molecular formula is C61H99N5O19. The Bertz CT molecular complexity index is 2540. The molecule has 0 bridgehead atoms. The maximum Gasteiger partial charge on any atom is 0.408 e. The summed E-state index contributed by atoms with van der Waals surface area (Å²) in [6, 6.07) is 4.57. The number of fused-ring (bicyclic) bond motifs is 1. The summed E-state index contributed by atoms with van der Waals surface area (Å²) in [6.45, 7) is 25.5. The van der Waals surface area contributed by atoms with Crippen LogP contribution in [0.3, 0.4) is 0 Å². The minimum Gasteiger partial charge on any atom is -0.497 e. The number of hydrogen-bond acceptors (Lipinski definition) is 22. The molecule has 0 radical (unpaired) electrons. The number of ether oxygens (including phenoxy) is 12. The number of H-pyrrole nitrogens is 1. The van der Waals surface area contributed by atoms with Gasteiger partial charge in [-0.25, -0.2) is 9.78 Å². The summed E-state index contributed by atoms with van der Waals surface area (Å²) >= 11 is 0. The SMILES string of the molecule is CO/N=C1\C[C@@H](C)O[C@@H](O[C@@H]2[C@@H](C)[C@H](O[C@H]3CC(C)N(C)C[C@H](C)O3)[C@@H](C)C(=O)O[C@H]([C@@H](C)CO[C@@H]3O[C@H](C)[C@@H](O)[C@@H](OC)[C@H]3OC)[C@H](C)[C@@H](OC(=O)CC(C)C)[C@@H](C)C(=O)[C@@](C)(OC(=O)NC(C)c3nc4ccc(OC)cc4[nH]3)C[C@@H]2C)[C@@H]1O. The highest BCUT2D eigenvalue weighted by Crippen LogP contribution is 2.41. The standard InChI is InChI=1S/C61H99N5O19/c1-29(2)22-45(67)81-51-36(9)50(31(4)28-77-59-54(75-18)53(74-17)47(68)40(13)80-59)83-57(71)38(11)52(82-46-23-32(5)66(15)27-34(7)78-46)35(8)49(84-58-48(69)44(65-76-19)24-33(6)79-58)30(3)26-61(14,55(70)37(51)10)85-60(72)62-39(12)56-63-42-21-20-41(73-16)25-43(42)64-56/h20-21,25,29-40,46-54,58-59,68-69H,22-24,26-28H2,1-19H3,(H,62,72)(H,63,64)/b65-44+/t30-,31-,32?,33+,34-,35+,36-,37+,38+,39?,40+,46-,47+,48+,49-,50+,51+,52-,53+,54+,58-,59+,61-/m0/s1. The molecule has 4 aliphatic heterocycles. The van der Waals surface area contributed by atoms with Crippen molar-refractivity contribution in [2.75, 3.05) is 48.6 Å². The number of carbonyl (C=O) groups excluding carboxylic acids is 4. The molecule has 1 aromatic heterocycles. The molecule has 23 atom stereocenters. The molecular weight excluding hydrogens is 1110 g/mol. The van der Waals surface area contributed by atoms with E-state index in [2.05, 4.69) is 27.3 Å². The Morgan fingerprint density at radius 3 is 2.20 bits per heavy atom. The summed E-state index contributed by atoms with van der Waals surface area (Å²) in [7, 11) is 7.85. The summed E-state index contributed by atoms with van der Waals surface area (Å²) in [4.78, 5) is 75.6. The van der Waals surface area contributed by atoms with Crippen molar-refractivity contribution in [3.05, 3.63) is 24.0 Å². The number of oxime groups is 1. The van der Waals surface area contributed by atoms with Gasteiger partial charge in [0.2, 0.25) is 0 Å². The number of ketones is 1. The molecule has 4 fully saturated rings. The minimum absolute atomic E-state index is 0.00414. The van der Waals surface area contributed by atoms with Gasteiger partial charge in [0.25, 0.3) is 0 Å². The van der Waals surface area contributed by atoms with Crippen molar-refractivity contribution in [3.63, 3.8) is 0 Å². The number of nitrogens with zero attached hydrogens (tertiary/aromatic N) is 3. The van der Waals surface area contributed by atoms with Crippen LogP contribution in [0.5, 0.6) is 5.75 Å². The fourth-order valence-corrected chi connectivity index (χ4v) is 12.6. The normalized spacial score (nSPS) is 38.0.